The van der Waals surface area contributed by atoms with Crippen LogP contribution in [0.4, 0.5) is 0 Å². The van der Waals surface area contributed by atoms with Crippen molar-refractivity contribution in [3.8, 4) is 0 Å². The van der Waals surface area contributed by atoms with Crippen molar-refractivity contribution in [1.29, 1.82) is 0 Å². The molecule has 1 aromatic rings. The van der Waals surface area contributed by atoms with Crippen molar-refractivity contribution < 1.29 is 0 Å². The van der Waals surface area contributed by atoms with Gasteiger partial charge in [0, 0.05) is 32.8 Å². The maximum atomic E-state index is 4.07. The molecule has 0 aromatic carbocycles. The fraction of sp³-hybridized carbons (Fsp3) is 0.750. The van der Waals surface area contributed by atoms with Crippen LogP contribution in [0.2, 0.25) is 0 Å². The predicted molar refractivity (Wildman–Crippen MR) is 45.7 cm³/mol. The molecule has 0 bridgehead atoms. The van der Waals surface area contributed by atoms with Gasteiger partial charge in [-0.1, -0.05) is 12.1 Å². The molecule has 1 aliphatic heterocycles. The van der Waals surface area contributed by atoms with Crippen molar-refractivity contribution in [3.63, 3.8) is 0 Å². The van der Waals surface area contributed by atoms with Crippen molar-refractivity contribution in [2.24, 2.45) is 12.5 Å². The molecule has 0 spiro atoms. The van der Waals surface area contributed by atoms with Crippen molar-refractivity contribution >= 4 is 0 Å². The van der Waals surface area contributed by atoms with E-state index in [9.17, 15) is 0 Å². The Balaban J connectivity index is 2.03. The van der Waals surface area contributed by atoms with Crippen LogP contribution in [-0.4, -0.2) is 28.1 Å². The summed E-state index contributed by atoms with van der Waals surface area (Å²) in [5, 5.41) is 11.2. The fourth-order valence-corrected chi connectivity index (χ4v) is 1.59. The highest BCUT2D eigenvalue weighted by molar-refractivity contribution is 5.02. The summed E-state index contributed by atoms with van der Waals surface area (Å²) in [6.07, 6.45) is 3.03. The summed E-state index contributed by atoms with van der Waals surface area (Å²) in [6, 6.07) is 0. The summed E-state index contributed by atoms with van der Waals surface area (Å²) < 4.78 is 1.75. The van der Waals surface area contributed by atoms with Crippen LogP contribution in [0.1, 0.15) is 12.6 Å². The Bertz CT molecular complexity index is 274. The van der Waals surface area contributed by atoms with Crippen molar-refractivity contribution in [2.45, 2.75) is 13.3 Å². The SMILES string of the molecule is Cn1cc(CC2(C)CNC2)nn1. The highest BCUT2D eigenvalue weighted by Crippen LogP contribution is 2.25. The van der Waals surface area contributed by atoms with Crippen molar-refractivity contribution in [1.82, 2.24) is 20.3 Å². The van der Waals surface area contributed by atoms with Crippen LogP contribution < -0.4 is 5.32 Å². The normalized spacial score (nSPS) is 20.5. The van der Waals surface area contributed by atoms with Crippen LogP contribution >= 0.6 is 0 Å². The fourth-order valence-electron chi connectivity index (χ4n) is 1.59. The number of rotatable bonds is 2. The molecule has 1 aliphatic rings. The third-order valence-electron chi connectivity index (χ3n) is 2.36. The van der Waals surface area contributed by atoms with E-state index in [0.29, 0.717) is 5.41 Å². The van der Waals surface area contributed by atoms with E-state index in [1.165, 1.54) is 0 Å². The summed E-state index contributed by atoms with van der Waals surface area (Å²) in [5.41, 5.74) is 1.51. The summed E-state index contributed by atoms with van der Waals surface area (Å²) >= 11 is 0. The van der Waals surface area contributed by atoms with Gasteiger partial charge in [-0.3, -0.25) is 4.68 Å². The van der Waals surface area contributed by atoms with Gasteiger partial charge >= 0.3 is 0 Å². The van der Waals surface area contributed by atoms with E-state index >= 15 is 0 Å². The van der Waals surface area contributed by atoms with Gasteiger partial charge in [-0.2, -0.15) is 0 Å². The van der Waals surface area contributed by atoms with Gasteiger partial charge in [0.25, 0.3) is 0 Å². The maximum absolute atomic E-state index is 4.07. The Morgan fingerprint density at radius 3 is 2.83 bits per heavy atom. The van der Waals surface area contributed by atoms with Gasteiger partial charge in [0.1, 0.15) is 0 Å². The quantitative estimate of drug-likeness (QED) is 0.670. The lowest BCUT2D eigenvalue weighted by Crippen LogP contribution is -2.52. The lowest BCUT2D eigenvalue weighted by atomic mass is 9.80. The van der Waals surface area contributed by atoms with Crippen molar-refractivity contribution in [2.75, 3.05) is 13.1 Å². The lowest BCUT2D eigenvalue weighted by Gasteiger charge is -2.38. The first-order valence-electron chi connectivity index (χ1n) is 4.24. The standard InChI is InChI=1S/C8H14N4/c1-8(5-9-6-8)3-7-4-12(2)11-10-7/h4,9H,3,5-6H2,1-2H3. The molecular formula is C8H14N4. The molecule has 1 aromatic heterocycles. The van der Waals surface area contributed by atoms with E-state index in [4.69, 9.17) is 0 Å². The van der Waals surface area contributed by atoms with Crippen LogP contribution in [0, 0.1) is 5.41 Å². The second-order valence-corrected chi connectivity index (χ2v) is 3.97. The minimum atomic E-state index is 0.413. The molecule has 0 unspecified atom stereocenters. The molecular weight excluding hydrogens is 152 g/mol. The second kappa shape index (κ2) is 2.55. The minimum absolute atomic E-state index is 0.413. The highest BCUT2D eigenvalue weighted by Gasteiger charge is 2.32. The number of aryl methyl sites for hydroxylation is 1. The molecule has 66 valence electrons. The van der Waals surface area contributed by atoms with Gasteiger partial charge in [0.15, 0.2) is 0 Å². The second-order valence-electron chi connectivity index (χ2n) is 3.97. The van der Waals surface area contributed by atoms with Crippen molar-refractivity contribution in [3.05, 3.63) is 11.9 Å². The first-order valence-corrected chi connectivity index (χ1v) is 4.24. The molecule has 2 heterocycles. The molecule has 2 rings (SSSR count). The number of nitrogens with one attached hydrogen (secondary N) is 1. The minimum Gasteiger partial charge on any atom is -0.316 e. The molecule has 4 heteroatoms. The molecule has 1 N–H and O–H groups in total. The van der Waals surface area contributed by atoms with E-state index in [2.05, 4.69) is 22.6 Å². The first kappa shape index (κ1) is 7.73. The summed E-state index contributed by atoms with van der Waals surface area (Å²) in [6.45, 7) is 4.48. The smallest absolute Gasteiger partial charge is 0.0833 e. The van der Waals surface area contributed by atoms with E-state index in [0.717, 1.165) is 25.2 Å². The molecule has 4 nitrogen and oxygen atoms in total. The number of nitrogens with zero attached hydrogens (tertiary/aromatic N) is 3. The first-order chi connectivity index (χ1) is 5.68. The molecule has 0 atom stereocenters. The summed E-state index contributed by atoms with van der Waals surface area (Å²) in [5.74, 6) is 0. The third kappa shape index (κ3) is 1.34. The van der Waals surface area contributed by atoms with E-state index < -0.39 is 0 Å². The molecule has 0 amide bonds. The molecule has 0 saturated carbocycles. The average molecular weight is 166 g/mol. The van der Waals surface area contributed by atoms with Crippen LogP contribution in [0.15, 0.2) is 6.20 Å². The van der Waals surface area contributed by atoms with Gasteiger partial charge < -0.3 is 5.32 Å². The Morgan fingerprint density at radius 1 is 1.67 bits per heavy atom. The molecule has 12 heavy (non-hydrogen) atoms. The number of hydrogen-bond donors (Lipinski definition) is 1. The van der Waals surface area contributed by atoms with E-state index in [1.807, 2.05) is 13.2 Å². The topological polar surface area (TPSA) is 42.7 Å². The molecule has 1 saturated heterocycles. The Morgan fingerprint density at radius 2 is 2.42 bits per heavy atom. The van der Waals surface area contributed by atoms with Gasteiger partial charge in [-0.25, -0.2) is 0 Å². The van der Waals surface area contributed by atoms with Gasteiger partial charge in [-0.15, -0.1) is 5.10 Å². The van der Waals surface area contributed by atoms with Crippen LogP contribution in [-0.2, 0) is 13.5 Å². The number of hydrogen-bond acceptors (Lipinski definition) is 3. The zero-order chi connectivity index (χ0) is 8.60. The Labute approximate surface area is 72.0 Å². The highest BCUT2D eigenvalue weighted by atomic mass is 15.4. The molecule has 0 radical (unpaired) electrons. The monoisotopic (exact) mass is 166 g/mol. The summed E-state index contributed by atoms with van der Waals surface area (Å²) in [4.78, 5) is 0. The Hall–Kier alpha value is -0.900. The van der Waals surface area contributed by atoms with Crippen LogP contribution in [0.3, 0.4) is 0 Å². The van der Waals surface area contributed by atoms with E-state index in [-0.39, 0.29) is 0 Å². The lowest BCUT2D eigenvalue weighted by molar-refractivity contribution is 0.193. The average Bonchev–Trinajstić information content (AvgIpc) is 2.32. The molecule has 1 fully saturated rings. The third-order valence-corrected chi connectivity index (χ3v) is 2.36. The van der Waals surface area contributed by atoms with E-state index in [1.54, 1.807) is 4.68 Å². The maximum Gasteiger partial charge on any atom is 0.0833 e. The zero-order valence-corrected chi connectivity index (χ0v) is 7.54. The van der Waals surface area contributed by atoms with Gasteiger partial charge in [-0.05, 0) is 5.41 Å². The Kier molecular flexibility index (Phi) is 1.65. The van der Waals surface area contributed by atoms with Crippen LogP contribution in [0.25, 0.3) is 0 Å². The van der Waals surface area contributed by atoms with Gasteiger partial charge in [0.2, 0.25) is 0 Å². The zero-order valence-electron chi connectivity index (χ0n) is 7.54. The molecule has 0 aliphatic carbocycles. The number of aromatic nitrogens is 3. The van der Waals surface area contributed by atoms with Crippen LogP contribution in [0.5, 0.6) is 0 Å². The predicted octanol–water partition coefficient (Wildman–Crippen LogP) is -0.0329. The largest absolute Gasteiger partial charge is 0.316 e. The van der Waals surface area contributed by atoms with Gasteiger partial charge in [0.05, 0.1) is 5.69 Å². The summed E-state index contributed by atoms with van der Waals surface area (Å²) in [7, 11) is 1.90.